The molecule has 1 heterocycles. The molecule has 58 heavy (non-hydrogen) atoms. The highest BCUT2D eigenvalue weighted by atomic mass is 16.5. The molecule has 8 aromatic rings. The van der Waals surface area contributed by atoms with Crippen LogP contribution in [0.2, 0.25) is 0 Å². The van der Waals surface area contributed by atoms with E-state index in [-0.39, 0.29) is 0 Å². The molecule has 0 saturated heterocycles. The first-order valence-corrected chi connectivity index (χ1v) is 22.1. The Morgan fingerprint density at radius 3 is 1.50 bits per heavy atom. The zero-order valence-corrected chi connectivity index (χ0v) is 34.6. The first-order valence-electron chi connectivity index (χ1n) is 22.1. The van der Waals surface area contributed by atoms with Crippen LogP contribution in [0.15, 0.2) is 146 Å². The average molecular weight is 763 g/mol. The van der Waals surface area contributed by atoms with Gasteiger partial charge in [-0.05, 0) is 93.4 Å². The summed E-state index contributed by atoms with van der Waals surface area (Å²) in [6, 6.07) is 53.1. The molecule has 0 saturated carbocycles. The number of ether oxygens (including phenoxy) is 1. The highest BCUT2D eigenvalue weighted by Gasteiger charge is 2.20. The van der Waals surface area contributed by atoms with Crippen molar-refractivity contribution in [3.05, 3.63) is 146 Å². The lowest BCUT2D eigenvalue weighted by Crippen LogP contribution is -2.02. The van der Waals surface area contributed by atoms with Crippen LogP contribution >= 0.6 is 0 Å². The molecule has 0 aliphatic rings. The molecular weight excluding hydrogens is 705 g/mol. The summed E-state index contributed by atoms with van der Waals surface area (Å²) in [6.45, 7) is 6.25. The second-order valence-electron chi connectivity index (χ2n) is 16.0. The number of aromatic nitrogens is 2. The second-order valence-corrected chi connectivity index (χ2v) is 16.0. The van der Waals surface area contributed by atoms with Gasteiger partial charge in [-0.3, -0.25) is 0 Å². The zero-order valence-electron chi connectivity index (χ0n) is 34.6. The third kappa shape index (κ3) is 8.90. The number of rotatable bonds is 19. The molecule has 0 fully saturated rings. The van der Waals surface area contributed by atoms with Gasteiger partial charge in [-0.2, -0.15) is 0 Å². The van der Waals surface area contributed by atoms with E-state index in [1.807, 2.05) is 0 Å². The number of benzene rings is 7. The van der Waals surface area contributed by atoms with Gasteiger partial charge < -0.3 is 9.30 Å². The quantitative estimate of drug-likeness (QED) is 0.0606. The smallest absolute Gasteiger partial charge is 0.141 e. The maximum absolute atomic E-state index is 6.24. The van der Waals surface area contributed by atoms with Gasteiger partial charge in [0.25, 0.3) is 0 Å². The number of hydrogen-bond acceptors (Lipinski definition) is 2. The summed E-state index contributed by atoms with van der Waals surface area (Å²) < 4.78 is 8.78. The topological polar surface area (TPSA) is 27.1 Å². The summed E-state index contributed by atoms with van der Waals surface area (Å²) in [5, 5.41) is 4.96. The lowest BCUT2D eigenvalue weighted by molar-refractivity contribution is 0.304. The highest BCUT2D eigenvalue weighted by Crippen LogP contribution is 2.41. The van der Waals surface area contributed by atoms with Crippen LogP contribution in [0.4, 0.5) is 0 Å². The summed E-state index contributed by atoms with van der Waals surface area (Å²) in [5.74, 6) is 1.96. The molecule has 0 bridgehead atoms. The monoisotopic (exact) mass is 762 g/mol. The lowest BCUT2D eigenvalue weighted by atomic mass is 9.93. The lowest BCUT2D eigenvalue weighted by Gasteiger charge is -2.14. The Morgan fingerprint density at radius 1 is 0.414 bits per heavy atom. The van der Waals surface area contributed by atoms with E-state index in [1.54, 1.807) is 0 Å². The predicted octanol–water partition coefficient (Wildman–Crippen LogP) is 16.1. The maximum atomic E-state index is 6.24. The van der Waals surface area contributed by atoms with Gasteiger partial charge in [0.15, 0.2) is 0 Å². The van der Waals surface area contributed by atoms with E-state index in [1.165, 1.54) is 125 Å². The molecule has 0 spiro atoms. The van der Waals surface area contributed by atoms with Crippen molar-refractivity contribution >= 4 is 32.6 Å². The summed E-state index contributed by atoms with van der Waals surface area (Å²) in [4.78, 5) is 5.64. The van der Waals surface area contributed by atoms with Crippen LogP contribution in [-0.4, -0.2) is 16.2 Å². The van der Waals surface area contributed by atoms with Gasteiger partial charge in [-0.1, -0.05) is 187 Å². The number of aryl methyl sites for hydroxylation is 1. The van der Waals surface area contributed by atoms with E-state index in [2.05, 4.69) is 164 Å². The van der Waals surface area contributed by atoms with Gasteiger partial charge in [0.05, 0.1) is 17.6 Å². The Balaban J connectivity index is 1.23. The largest absolute Gasteiger partial charge is 0.494 e. The van der Waals surface area contributed by atoms with E-state index in [9.17, 15) is 0 Å². The number of imidazole rings is 1. The molecule has 0 aliphatic carbocycles. The van der Waals surface area contributed by atoms with Crippen LogP contribution in [0.3, 0.4) is 0 Å². The normalized spacial score (nSPS) is 11.6. The van der Waals surface area contributed by atoms with E-state index in [0.29, 0.717) is 0 Å². The fourth-order valence-electron chi connectivity index (χ4n) is 8.60. The molecule has 8 rings (SSSR count). The molecule has 3 heteroatoms. The van der Waals surface area contributed by atoms with Crippen LogP contribution < -0.4 is 4.74 Å². The minimum atomic E-state index is 0.765. The Bertz CT molecular complexity index is 2530. The van der Waals surface area contributed by atoms with E-state index in [0.717, 1.165) is 48.6 Å². The highest BCUT2D eigenvalue weighted by molar-refractivity contribution is 6.25. The van der Waals surface area contributed by atoms with Gasteiger partial charge in [0, 0.05) is 22.9 Å². The number of nitrogens with zero attached hydrogens (tertiary/aromatic N) is 2. The Morgan fingerprint density at radius 2 is 0.879 bits per heavy atom. The summed E-state index contributed by atoms with van der Waals surface area (Å²) >= 11 is 0. The van der Waals surface area contributed by atoms with Crippen molar-refractivity contribution < 1.29 is 4.74 Å². The van der Waals surface area contributed by atoms with Crippen molar-refractivity contribution in [2.45, 2.75) is 97.4 Å². The van der Waals surface area contributed by atoms with E-state index < -0.39 is 0 Å². The van der Waals surface area contributed by atoms with E-state index in [4.69, 9.17) is 9.72 Å². The van der Waals surface area contributed by atoms with Crippen molar-refractivity contribution in [2.24, 2.45) is 0 Å². The minimum Gasteiger partial charge on any atom is -0.494 e. The Hall–Kier alpha value is -5.67. The summed E-state index contributed by atoms with van der Waals surface area (Å²) in [7, 11) is 0. The fourth-order valence-corrected chi connectivity index (χ4v) is 8.60. The van der Waals surface area contributed by atoms with Crippen molar-refractivity contribution in [3.63, 3.8) is 0 Å². The average Bonchev–Trinajstić information content (AvgIpc) is 3.67. The van der Waals surface area contributed by atoms with Crippen LogP contribution in [-0.2, 0) is 6.54 Å². The number of fused-ring (bicyclic) bond motifs is 6. The zero-order chi connectivity index (χ0) is 39.5. The first-order chi connectivity index (χ1) is 28.7. The molecule has 0 aliphatic heterocycles. The van der Waals surface area contributed by atoms with E-state index >= 15 is 0 Å². The molecule has 0 unspecified atom stereocenters. The van der Waals surface area contributed by atoms with Crippen LogP contribution in [0.1, 0.15) is 90.9 Å². The molecule has 0 N–H and O–H groups in total. The maximum Gasteiger partial charge on any atom is 0.141 e. The van der Waals surface area contributed by atoms with Gasteiger partial charge in [0.1, 0.15) is 11.6 Å². The third-order valence-corrected chi connectivity index (χ3v) is 11.9. The fraction of sp³-hybridized carbons (Fsp3) is 0.291. The molecule has 0 radical (unpaired) electrons. The van der Waals surface area contributed by atoms with Crippen molar-refractivity contribution in [3.8, 4) is 50.5 Å². The SMILES string of the molecule is CCCCCCCCOc1ccc(-c2nc3c4cc(-c5ccc(-c6ccccc6)cc5)ccc4c4ccc(-c5ccccc5)cc4c3n2CCCCCCCC)cc1. The van der Waals surface area contributed by atoms with Crippen molar-refractivity contribution in [2.75, 3.05) is 6.61 Å². The molecule has 294 valence electrons. The van der Waals surface area contributed by atoms with Gasteiger partial charge >= 0.3 is 0 Å². The third-order valence-electron chi connectivity index (χ3n) is 11.9. The van der Waals surface area contributed by atoms with Crippen LogP contribution in [0.5, 0.6) is 5.75 Å². The standard InChI is InChI=1S/C55H58N2O/c1-3-5-7-9-11-19-37-57-54-52-40-47(42-23-17-14-18-24-42)32-36-50(52)49-35-31-46(44-27-25-43(26-28-44)41-21-15-13-16-22-41)39-51(49)53(54)56-55(57)45-29-33-48(34-30-45)58-38-20-12-10-8-6-4-2/h13-18,21-36,39-40H,3-12,19-20,37-38H2,1-2H3. The van der Waals surface area contributed by atoms with Gasteiger partial charge in [-0.15, -0.1) is 0 Å². The molecule has 1 aromatic heterocycles. The number of hydrogen-bond donors (Lipinski definition) is 0. The first kappa shape index (κ1) is 39.2. The molecule has 7 aromatic carbocycles. The summed E-state index contributed by atoms with van der Waals surface area (Å²) in [6.07, 6.45) is 15.0. The predicted molar refractivity (Wildman–Crippen MR) is 249 cm³/mol. The Labute approximate surface area is 345 Å². The Kier molecular flexibility index (Phi) is 13.0. The van der Waals surface area contributed by atoms with Gasteiger partial charge in [0.2, 0.25) is 0 Å². The van der Waals surface area contributed by atoms with Crippen molar-refractivity contribution in [1.82, 2.24) is 9.55 Å². The molecule has 0 atom stereocenters. The van der Waals surface area contributed by atoms with Crippen LogP contribution in [0, 0.1) is 0 Å². The molecular formula is C55H58N2O. The molecule has 3 nitrogen and oxygen atoms in total. The number of unbranched alkanes of at least 4 members (excludes halogenated alkanes) is 10. The van der Waals surface area contributed by atoms with Gasteiger partial charge in [-0.25, -0.2) is 4.98 Å². The summed E-state index contributed by atoms with van der Waals surface area (Å²) in [5.41, 5.74) is 10.7. The van der Waals surface area contributed by atoms with Crippen LogP contribution in [0.25, 0.3) is 77.3 Å². The van der Waals surface area contributed by atoms with Crippen molar-refractivity contribution in [1.29, 1.82) is 0 Å². The second kappa shape index (κ2) is 19.2. The minimum absolute atomic E-state index is 0.765. The molecule has 0 amide bonds.